The molecule has 0 saturated carbocycles. The topological polar surface area (TPSA) is 165 Å². The van der Waals surface area contributed by atoms with Crippen molar-refractivity contribution in [3.05, 3.63) is 71.8 Å². The monoisotopic (exact) mass is 856 g/mol. The van der Waals surface area contributed by atoms with Crippen LogP contribution >= 0.6 is 22.6 Å². The Balaban J connectivity index is 0.000000351. The third-order valence-corrected chi connectivity index (χ3v) is 7.77. The maximum atomic E-state index is 12.3. The van der Waals surface area contributed by atoms with Gasteiger partial charge in [-0.25, -0.2) is 19.2 Å². The Morgan fingerprint density at radius 3 is 1.49 bits per heavy atom. The number of ether oxygens (including phenoxy) is 5. The minimum Gasteiger partial charge on any atom is -0.445 e. The van der Waals surface area contributed by atoms with Crippen LogP contribution in [0.25, 0.3) is 0 Å². The number of hydrogen-bond donors (Lipinski definition) is 3. The van der Waals surface area contributed by atoms with E-state index in [-0.39, 0.29) is 38.0 Å². The van der Waals surface area contributed by atoms with Crippen molar-refractivity contribution >= 4 is 47.0 Å². The second-order valence-corrected chi connectivity index (χ2v) is 14.4. The average molecular weight is 857 g/mol. The van der Waals surface area contributed by atoms with Crippen LogP contribution in [0.15, 0.2) is 60.7 Å². The fourth-order valence-electron chi connectivity index (χ4n) is 5.29. The molecule has 0 unspecified atom stereocenters. The van der Waals surface area contributed by atoms with Crippen molar-refractivity contribution in [3.63, 3.8) is 0 Å². The van der Waals surface area contributed by atoms with Gasteiger partial charge in [-0.15, -0.1) is 0 Å². The standard InChI is InChI=1S/C19H28N2O5.C18H26N2O5.CH3I/c1-19(2,3)26-17(22)20-15-10-11-21(12-16(15)24-4)18(23)25-13-14-8-6-5-7-9-14;1-18(2,3)25-16(22)19-14-9-10-20(11-15(14)21)17(23)24-12-13-7-5-4-6-8-13;1-2/h5-9,15-16H,10-13H2,1-4H3,(H,20,22);4-8,14-15,21H,9-12H2,1-3H3,(H,19,22);1H3/t15-,16-;14-,15-;/m11./s1. The molecule has 2 aliphatic heterocycles. The van der Waals surface area contributed by atoms with Gasteiger partial charge in [0, 0.05) is 20.2 Å². The Morgan fingerprint density at radius 1 is 0.698 bits per heavy atom. The summed E-state index contributed by atoms with van der Waals surface area (Å²) in [5.41, 5.74) is 0.675. The van der Waals surface area contributed by atoms with Gasteiger partial charge in [-0.05, 0) is 70.4 Å². The van der Waals surface area contributed by atoms with Gasteiger partial charge in [0.05, 0.1) is 37.4 Å². The van der Waals surface area contributed by atoms with Crippen molar-refractivity contribution in [2.75, 3.05) is 38.2 Å². The molecule has 2 heterocycles. The third kappa shape index (κ3) is 17.7. The summed E-state index contributed by atoms with van der Waals surface area (Å²) in [5, 5.41) is 15.7. The lowest BCUT2D eigenvalue weighted by Crippen LogP contribution is -2.56. The summed E-state index contributed by atoms with van der Waals surface area (Å²) in [6.45, 7) is 12.5. The second kappa shape index (κ2) is 22.4. The lowest BCUT2D eigenvalue weighted by molar-refractivity contribution is -0.00447. The molecule has 0 aliphatic carbocycles. The molecule has 4 amide bonds. The summed E-state index contributed by atoms with van der Waals surface area (Å²) in [6, 6.07) is 18.3. The van der Waals surface area contributed by atoms with Crippen LogP contribution < -0.4 is 10.6 Å². The SMILES string of the molecule is CC(C)(C)OC(=O)N[C@@H]1CCN(C(=O)OCc2ccccc2)C[C@H]1O.CI.CO[C@@H]1CN(C(=O)OCc2ccccc2)CC[C@H]1NC(=O)OC(C)(C)C. The number of aliphatic hydroxyl groups excluding tert-OH is 1. The summed E-state index contributed by atoms with van der Waals surface area (Å²) >= 11 is 2.15. The zero-order valence-electron chi connectivity index (χ0n) is 32.1. The highest BCUT2D eigenvalue weighted by Gasteiger charge is 2.35. The van der Waals surface area contributed by atoms with E-state index in [0.717, 1.165) is 11.1 Å². The van der Waals surface area contributed by atoms with E-state index in [1.807, 2.05) is 86.4 Å². The number of alkyl halides is 1. The smallest absolute Gasteiger partial charge is 0.410 e. The predicted molar refractivity (Wildman–Crippen MR) is 209 cm³/mol. The molecule has 0 bridgehead atoms. The molecular formula is C38H57IN4O10. The molecule has 2 aromatic rings. The molecule has 53 heavy (non-hydrogen) atoms. The van der Waals surface area contributed by atoms with Gasteiger partial charge in [0.15, 0.2) is 0 Å². The number of carbonyl (C=O) groups excluding carboxylic acids is 4. The minimum absolute atomic E-state index is 0.105. The maximum Gasteiger partial charge on any atom is 0.410 e. The van der Waals surface area contributed by atoms with E-state index >= 15 is 0 Å². The molecule has 14 nitrogen and oxygen atoms in total. The number of benzene rings is 2. The van der Waals surface area contributed by atoms with Gasteiger partial charge in [-0.1, -0.05) is 83.3 Å². The molecule has 3 N–H and O–H groups in total. The molecule has 4 atom stereocenters. The van der Waals surface area contributed by atoms with Crippen molar-refractivity contribution in [1.82, 2.24) is 20.4 Å². The molecule has 2 saturated heterocycles. The lowest BCUT2D eigenvalue weighted by atomic mass is 10.0. The Labute approximate surface area is 327 Å². The van der Waals surface area contributed by atoms with Crippen LogP contribution in [0.2, 0.25) is 0 Å². The van der Waals surface area contributed by atoms with Gasteiger partial charge in [-0.2, -0.15) is 0 Å². The fourth-order valence-corrected chi connectivity index (χ4v) is 5.29. The number of halogens is 1. The normalized spacial score (nSPS) is 19.9. The maximum absolute atomic E-state index is 12.3. The van der Waals surface area contributed by atoms with E-state index in [1.165, 1.54) is 4.90 Å². The van der Waals surface area contributed by atoms with E-state index < -0.39 is 41.6 Å². The molecule has 0 spiro atoms. The Morgan fingerprint density at radius 2 is 1.09 bits per heavy atom. The number of rotatable bonds is 7. The van der Waals surface area contributed by atoms with Crippen molar-refractivity contribution in [3.8, 4) is 0 Å². The van der Waals surface area contributed by atoms with Gasteiger partial charge >= 0.3 is 24.4 Å². The average Bonchev–Trinajstić information content (AvgIpc) is 3.11. The van der Waals surface area contributed by atoms with E-state index in [2.05, 4.69) is 33.2 Å². The molecule has 296 valence electrons. The quantitative estimate of drug-likeness (QED) is 0.164. The number of aliphatic hydroxyl groups is 1. The van der Waals surface area contributed by atoms with Crippen molar-refractivity contribution in [2.45, 2.75) is 103 Å². The number of amides is 4. The zero-order valence-corrected chi connectivity index (χ0v) is 34.3. The molecule has 2 aromatic carbocycles. The Hall–Kier alpha value is -3.83. The van der Waals surface area contributed by atoms with Crippen LogP contribution in [-0.4, -0.2) is 113 Å². The first kappa shape index (κ1) is 45.3. The Bertz CT molecular complexity index is 1410. The van der Waals surface area contributed by atoms with Crippen molar-refractivity contribution in [1.29, 1.82) is 0 Å². The number of carbonyl (C=O) groups is 4. The van der Waals surface area contributed by atoms with Crippen LogP contribution in [0.3, 0.4) is 0 Å². The molecule has 15 heteroatoms. The van der Waals surface area contributed by atoms with E-state index in [4.69, 9.17) is 23.7 Å². The minimum atomic E-state index is -0.870. The molecule has 2 aliphatic rings. The van der Waals surface area contributed by atoms with Gasteiger partial charge in [-0.3, -0.25) is 0 Å². The first-order chi connectivity index (χ1) is 25.0. The fraction of sp³-hybridized carbons (Fsp3) is 0.579. The van der Waals surface area contributed by atoms with Crippen molar-refractivity contribution < 1.29 is 48.0 Å². The molecule has 0 radical (unpaired) electrons. The summed E-state index contributed by atoms with van der Waals surface area (Å²) in [7, 11) is 1.56. The third-order valence-electron chi connectivity index (χ3n) is 7.77. The van der Waals surface area contributed by atoms with Crippen LogP contribution in [0.5, 0.6) is 0 Å². The zero-order chi connectivity index (χ0) is 39.6. The first-order valence-corrected chi connectivity index (χ1v) is 19.7. The first-order valence-electron chi connectivity index (χ1n) is 17.5. The number of β-amino-alcohol motifs (C(OH)–C–C–N with tert-alkyl or cyclic N) is 1. The summed E-state index contributed by atoms with van der Waals surface area (Å²) in [6.07, 6.45) is -2.10. The highest BCUT2D eigenvalue weighted by Crippen LogP contribution is 2.18. The van der Waals surface area contributed by atoms with Crippen LogP contribution in [-0.2, 0) is 36.9 Å². The van der Waals surface area contributed by atoms with Crippen LogP contribution in [0.4, 0.5) is 19.2 Å². The molecule has 2 fully saturated rings. The number of nitrogens with one attached hydrogen (secondary N) is 2. The highest BCUT2D eigenvalue weighted by molar-refractivity contribution is 14.1. The van der Waals surface area contributed by atoms with Gasteiger partial charge in [0.25, 0.3) is 0 Å². The van der Waals surface area contributed by atoms with Gasteiger partial charge in [0.2, 0.25) is 0 Å². The number of nitrogens with zero attached hydrogens (tertiary/aromatic N) is 2. The Kier molecular flexibility index (Phi) is 19.2. The van der Waals surface area contributed by atoms with Gasteiger partial charge < -0.3 is 49.2 Å². The molecule has 0 aromatic heterocycles. The molecule has 4 rings (SSSR count). The number of methoxy groups -OCH3 is 1. The highest BCUT2D eigenvalue weighted by atomic mass is 127. The summed E-state index contributed by atoms with van der Waals surface area (Å²) < 4.78 is 26.6. The largest absolute Gasteiger partial charge is 0.445 e. The number of hydrogen-bond acceptors (Lipinski definition) is 10. The second-order valence-electron chi connectivity index (χ2n) is 14.4. The number of alkyl carbamates (subject to hydrolysis) is 2. The summed E-state index contributed by atoms with van der Waals surface area (Å²) in [5.74, 6) is 0. The van der Waals surface area contributed by atoms with E-state index in [9.17, 15) is 24.3 Å². The number of piperidine rings is 2. The van der Waals surface area contributed by atoms with Crippen LogP contribution in [0.1, 0.15) is 65.5 Å². The van der Waals surface area contributed by atoms with Gasteiger partial charge in [0.1, 0.15) is 24.4 Å². The summed E-state index contributed by atoms with van der Waals surface area (Å²) in [4.78, 5) is 53.2. The van der Waals surface area contributed by atoms with Crippen molar-refractivity contribution in [2.24, 2.45) is 0 Å². The predicted octanol–water partition coefficient (Wildman–Crippen LogP) is 6.27. The lowest BCUT2D eigenvalue weighted by Gasteiger charge is -2.37. The van der Waals surface area contributed by atoms with E-state index in [1.54, 1.807) is 32.8 Å². The van der Waals surface area contributed by atoms with E-state index in [0.29, 0.717) is 32.5 Å². The molecular weight excluding hydrogens is 799 g/mol. The number of likely N-dealkylation sites (tertiary alicyclic amines) is 2. The van der Waals surface area contributed by atoms with Crippen LogP contribution in [0, 0.1) is 0 Å².